The first-order valence-corrected chi connectivity index (χ1v) is 22.5. The van der Waals surface area contributed by atoms with E-state index in [0.717, 1.165) is 109 Å². The van der Waals surface area contributed by atoms with Crippen molar-refractivity contribution < 1.29 is 28.6 Å². The van der Waals surface area contributed by atoms with Gasteiger partial charge < -0.3 is 14.2 Å². The summed E-state index contributed by atoms with van der Waals surface area (Å²) in [6, 6.07) is 0. The van der Waals surface area contributed by atoms with E-state index in [1.165, 1.54) is 12.8 Å². The summed E-state index contributed by atoms with van der Waals surface area (Å²) in [5.74, 6) is -1.14. The van der Waals surface area contributed by atoms with Gasteiger partial charge in [-0.1, -0.05) is 168 Å². The third-order valence-electron chi connectivity index (χ3n) is 8.70. The highest BCUT2D eigenvalue weighted by Gasteiger charge is 2.19. The zero-order valence-electron chi connectivity index (χ0n) is 36.8. The third-order valence-corrected chi connectivity index (χ3v) is 8.70. The van der Waals surface area contributed by atoms with E-state index < -0.39 is 12.1 Å². The van der Waals surface area contributed by atoms with E-state index >= 15 is 0 Å². The molecule has 6 heteroatoms. The molecular weight excluding hydrogens is 721 g/mol. The molecule has 0 aromatic heterocycles. The molecule has 0 bridgehead atoms. The first kappa shape index (κ1) is 53.8. The van der Waals surface area contributed by atoms with Crippen molar-refractivity contribution in [2.24, 2.45) is 0 Å². The number of carbonyl (C=O) groups is 3. The Labute approximate surface area is 354 Å². The maximum atomic E-state index is 12.7. The minimum absolute atomic E-state index is 0.111. The maximum absolute atomic E-state index is 12.7. The molecule has 58 heavy (non-hydrogen) atoms. The monoisotopic (exact) mass is 801 g/mol. The average molecular weight is 801 g/mol. The van der Waals surface area contributed by atoms with Gasteiger partial charge in [-0.3, -0.25) is 14.4 Å². The van der Waals surface area contributed by atoms with Crippen LogP contribution in [0.1, 0.15) is 168 Å². The fourth-order valence-corrected chi connectivity index (χ4v) is 5.39. The summed E-state index contributed by atoms with van der Waals surface area (Å²) in [5.41, 5.74) is 0. The van der Waals surface area contributed by atoms with Gasteiger partial charge in [-0.05, 0) is 103 Å². The maximum Gasteiger partial charge on any atom is 0.309 e. The van der Waals surface area contributed by atoms with Crippen LogP contribution in [0.25, 0.3) is 0 Å². The lowest BCUT2D eigenvalue weighted by atomic mass is 10.1. The molecular formula is C52H80O6. The number of ether oxygens (including phenoxy) is 3. The van der Waals surface area contributed by atoms with E-state index in [0.29, 0.717) is 12.8 Å². The third kappa shape index (κ3) is 42.9. The molecule has 0 amide bonds. The van der Waals surface area contributed by atoms with E-state index in [4.69, 9.17) is 14.2 Å². The summed E-state index contributed by atoms with van der Waals surface area (Å²) in [5, 5.41) is 0. The highest BCUT2D eigenvalue weighted by atomic mass is 16.6. The molecule has 0 heterocycles. The van der Waals surface area contributed by atoms with E-state index in [9.17, 15) is 14.4 Å². The summed E-state index contributed by atoms with van der Waals surface area (Å²) >= 11 is 0. The van der Waals surface area contributed by atoms with E-state index in [2.05, 4.69) is 130 Å². The van der Waals surface area contributed by atoms with Gasteiger partial charge in [-0.2, -0.15) is 0 Å². The Morgan fingerprint density at radius 3 is 1.26 bits per heavy atom. The molecule has 0 aliphatic heterocycles. The molecule has 1 atom stereocenters. The van der Waals surface area contributed by atoms with Crippen molar-refractivity contribution in [1.82, 2.24) is 0 Å². The Bertz CT molecular complexity index is 1290. The summed E-state index contributed by atoms with van der Waals surface area (Å²) in [6.07, 6.45) is 62.1. The van der Waals surface area contributed by atoms with Crippen molar-refractivity contribution in [3.63, 3.8) is 0 Å². The molecule has 0 spiro atoms. The molecule has 0 aliphatic rings. The largest absolute Gasteiger partial charge is 0.462 e. The van der Waals surface area contributed by atoms with Crippen LogP contribution in [0.3, 0.4) is 0 Å². The van der Waals surface area contributed by atoms with Crippen molar-refractivity contribution in [1.29, 1.82) is 0 Å². The van der Waals surface area contributed by atoms with Crippen LogP contribution in [-0.4, -0.2) is 37.2 Å². The van der Waals surface area contributed by atoms with Crippen LogP contribution in [0.2, 0.25) is 0 Å². The lowest BCUT2D eigenvalue weighted by molar-refractivity contribution is -0.166. The zero-order chi connectivity index (χ0) is 42.3. The lowest BCUT2D eigenvalue weighted by Crippen LogP contribution is -2.30. The summed E-state index contributed by atoms with van der Waals surface area (Å²) in [4.78, 5) is 37.7. The molecule has 0 saturated carbocycles. The molecule has 324 valence electrons. The van der Waals surface area contributed by atoms with Crippen molar-refractivity contribution in [2.45, 2.75) is 175 Å². The molecule has 6 nitrogen and oxygen atoms in total. The van der Waals surface area contributed by atoms with E-state index in [1.54, 1.807) is 6.08 Å². The van der Waals surface area contributed by atoms with Gasteiger partial charge in [0.05, 0.1) is 6.42 Å². The fourth-order valence-electron chi connectivity index (χ4n) is 5.39. The van der Waals surface area contributed by atoms with Gasteiger partial charge in [0, 0.05) is 12.8 Å². The van der Waals surface area contributed by atoms with Gasteiger partial charge in [-0.25, -0.2) is 0 Å². The topological polar surface area (TPSA) is 78.9 Å². The lowest BCUT2D eigenvalue weighted by Gasteiger charge is -2.18. The molecule has 0 aliphatic carbocycles. The number of rotatable bonds is 38. The second-order valence-electron chi connectivity index (χ2n) is 14.2. The fraction of sp³-hybridized carbons (Fsp3) is 0.558. The summed E-state index contributed by atoms with van der Waals surface area (Å²) in [6.45, 7) is 6.17. The highest BCUT2D eigenvalue weighted by molar-refractivity contribution is 5.72. The van der Waals surface area contributed by atoms with Crippen LogP contribution in [0.15, 0.2) is 122 Å². The Kier molecular flexibility index (Phi) is 42.2. The number of allylic oxidation sites excluding steroid dienone is 19. The second-order valence-corrected chi connectivity index (χ2v) is 14.2. The highest BCUT2D eigenvalue weighted by Crippen LogP contribution is 2.11. The molecule has 0 saturated heterocycles. The van der Waals surface area contributed by atoms with E-state index in [-0.39, 0.29) is 38.0 Å². The van der Waals surface area contributed by atoms with E-state index in [1.807, 2.05) is 6.08 Å². The Balaban J connectivity index is 4.62. The van der Waals surface area contributed by atoms with Crippen LogP contribution < -0.4 is 0 Å². The average Bonchev–Trinajstić information content (AvgIpc) is 3.22. The minimum atomic E-state index is -0.844. The SMILES string of the molecule is CC/C=C\C/C=C\C/C=C\C/C=C\C/C=C\CC(=O)OCC(COC(=O)CCCCCCC/C=C\CCC)OC(=O)CCCC/C=C\C/C=C\C/C=C\C/C=C\CC. The predicted octanol–water partition coefficient (Wildman–Crippen LogP) is 14.6. The van der Waals surface area contributed by atoms with Crippen molar-refractivity contribution >= 4 is 17.9 Å². The van der Waals surface area contributed by atoms with Crippen molar-refractivity contribution in [2.75, 3.05) is 13.2 Å². The van der Waals surface area contributed by atoms with Crippen LogP contribution >= 0.6 is 0 Å². The van der Waals surface area contributed by atoms with Crippen molar-refractivity contribution in [3.8, 4) is 0 Å². The quantitative estimate of drug-likeness (QED) is 0.0268. The number of carbonyl (C=O) groups excluding carboxylic acids is 3. The van der Waals surface area contributed by atoms with Gasteiger partial charge in [-0.15, -0.1) is 0 Å². The van der Waals surface area contributed by atoms with Gasteiger partial charge >= 0.3 is 17.9 Å². The van der Waals surface area contributed by atoms with Gasteiger partial charge in [0.1, 0.15) is 13.2 Å². The van der Waals surface area contributed by atoms with Gasteiger partial charge in [0.25, 0.3) is 0 Å². The van der Waals surface area contributed by atoms with Crippen LogP contribution in [0, 0.1) is 0 Å². The standard InChI is InChI=1S/C52H80O6/c1-4-7-10-13-16-19-22-24-26-28-30-33-36-39-42-45-51(54)57-48-49(47-56-50(53)44-41-38-35-32-21-18-15-12-9-6-3)58-52(55)46-43-40-37-34-31-29-27-25-23-20-17-14-11-8-5-2/h7-8,10-12,15-17,19-20,24-27,30-31,33-34,39,42,49H,4-6,9,13-14,18,21-23,28-29,32,35-38,40-41,43-48H2,1-3H3/b10-7-,11-8-,15-12-,19-16-,20-17-,26-24-,27-25-,33-30-,34-31-,42-39-. The summed E-state index contributed by atoms with van der Waals surface area (Å²) < 4.78 is 16.5. The first-order valence-electron chi connectivity index (χ1n) is 22.5. The van der Waals surface area contributed by atoms with Gasteiger partial charge in [0.15, 0.2) is 6.10 Å². The molecule has 0 radical (unpaired) electrons. The minimum Gasteiger partial charge on any atom is -0.462 e. The van der Waals surface area contributed by atoms with Gasteiger partial charge in [0.2, 0.25) is 0 Å². The molecule has 0 N–H and O–H groups in total. The van der Waals surface area contributed by atoms with Crippen LogP contribution in [0.5, 0.6) is 0 Å². The molecule has 0 aromatic rings. The molecule has 0 fully saturated rings. The molecule has 0 aromatic carbocycles. The predicted molar refractivity (Wildman–Crippen MR) is 246 cm³/mol. The number of hydrogen-bond donors (Lipinski definition) is 0. The molecule has 0 rings (SSSR count). The van der Waals surface area contributed by atoms with Crippen LogP contribution in [0.4, 0.5) is 0 Å². The molecule has 1 unspecified atom stereocenters. The smallest absolute Gasteiger partial charge is 0.309 e. The Morgan fingerprint density at radius 1 is 0.379 bits per heavy atom. The second kappa shape index (κ2) is 45.5. The Hall–Kier alpha value is -4.19. The van der Waals surface area contributed by atoms with Crippen molar-refractivity contribution in [3.05, 3.63) is 122 Å². The Morgan fingerprint density at radius 2 is 0.741 bits per heavy atom. The number of hydrogen-bond acceptors (Lipinski definition) is 6. The zero-order valence-corrected chi connectivity index (χ0v) is 36.8. The number of unbranched alkanes of at least 4 members (excludes halogenated alkanes) is 8. The van der Waals surface area contributed by atoms with Crippen LogP contribution in [-0.2, 0) is 28.6 Å². The summed E-state index contributed by atoms with van der Waals surface area (Å²) in [7, 11) is 0. The first-order chi connectivity index (χ1) is 28.5. The number of esters is 3. The normalized spacial score (nSPS) is 13.2.